The molecule has 0 aliphatic heterocycles. The van der Waals surface area contributed by atoms with Crippen LogP contribution in [0.15, 0.2) is 35.2 Å². The van der Waals surface area contributed by atoms with Gasteiger partial charge in [0.25, 0.3) is 0 Å². The fourth-order valence-corrected chi connectivity index (χ4v) is 5.44. The fraction of sp³-hybridized carbons (Fsp3) is 0.739. The Morgan fingerprint density at radius 2 is 1.55 bits per heavy atom. The largest absolute Gasteiger partial charge is 0.378 e. The first kappa shape index (κ1) is 24.3. The van der Waals surface area contributed by atoms with Gasteiger partial charge >= 0.3 is 0 Å². The molecule has 5 nitrogen and oxygen atoms in total. The molecule has 0 atom stereocenters. The number of rotatable bonds is 13. The Balaban J connectivity index is 1.63. The topological polar surface area (TPSA) is 49.9 Å². The van der Waals surface area contributed by atoms with Crippen LogP contribution in [0.5, 0.6) is 0 Å². The Labute approximate surface area is 178 Å². The first-order valence-corrected chi connectivity index (χ1v) is 12.7. The summed E-state index contributed by atoms with van der Waals surface area (Å²) >= 11 is 0. The maximum Gasteiger partial charge on any atom is 0.243 e. The fourth-order valence-electron chi connectivity index (χ4n) is 4.01. The van der Waals surface area contributed by atoms with Gasteiger partial charge < -0.3 is 9.64 Å². The predicted molar refractivity (Wildman–Crippen MR) is 120 cm³/mol. The summed E-state index contributed by atoms with van der Waals surface area (Å²) in [6, 6.07) is 8.79. The van der Waals surface area contributed by atoms with Crippen molar-refractivity contribution in [3.05, 3.63) is 30.3 Å². The van der Waals surface area contributed by atoms with Gasteiger partial charge in [-0.1, -0.05) is 38.0 Å². The van der Waals surface area contributed by atoms with Crippen molar-refractivity contribution < 1.29 is 13.2 Å². The summed E-state index contributed by atoms with van der Waals surface area (Å²) < 4.78 is 33.2. The average Bonchev–Trinajstić information content (AvgIpc) is 2.74. The molecule has 6 heteroatoms. The van der Waals surface area contributed by atoms with Crippen LogP contribution in [0.4, 0.5) is 0 Å². The lowest BCUT2D eigenvalue weighted by molar-refractivity contribution is 0.0152. The van der Waals surface area contributed by atoms with Gasteiger partial charge in [-0.25, -0.2) is 8.42 Å². The van der Waals surface area contributed by atoms with Crippen LogP contribution in [0.1, 0.15) is 64.7 Å². The summed E-state index contributed by atoms with van der Waals surface area (Å²) in [5.74, 6) is 0. The van der Waals surface area contributed by atoms with Crippen molar-refractivity contribution in [3.63, 3.8) is 0 Å². The SMILES string of the molecule is CCCCCN(C)CCCCOC1CCC(N(C)S(=O)(=O)c2ccccc2)CC1. The van der Waals surface area contributed by atoms with Gasteiger partial charge in [0.05, 0.1) is 11.0 Å². The predicted octanol–water partition coefficient (Wildman–Crippen LogP) is 4.54. The van der Waals surface area contributed by atoms with E-state index in [1.807, 2.05) is 6.07 Å². The van der Waals surface area contributed by atoms with Crippen molar-refractivity contribution in [1.82, 2.24) is 9.21 Å². The molecular weight excluding hydrogens is 384 g/mol. The monoisotopic (exact) mass is 424 g/mol. The van der Waals surface area contributed by atoms with E-state index in [-0.39, 0.29) is 12.1 Å². The van der Waals surface area contributed by atoms with E-state index in [2.05, 4.69) is 18.9 Å². The highest BCUT2D eigenvalue weighted by Gasteiger charge is 2.31. The Morgan fingerprint density at radius 3 is 2.17 bits per heavy atom. The number of unbranched alkanes of at least 4 members (excludes halogenated alkanes) is 3. The van der Waals surface area contributed by atoms with E-state index in [0.29, 0.717) is 4.90 Å². The number of ether oxygens (including phenoxy) is 1. The number of sulfonamides is 1. The third kappa shape index (κ3) is 8.00. The molecule has 2 rings (SSSR count). The Bertz CT molecular complexity index is 658. The third-order valence-corrected chi connectivity index (χ3v) is 7.93. The first-order chi connectivity index (χ1) is 13.9. The van der Waals surface area contributed by atoms with Crippen LogP contribution in [0.3, 0.4) is 0 Å². The quantitative estimate of drug-likeness (QED) is 0.436. The van der Waals surface area contributed by atoms with Gasteiger partial charge in [0.2, 0.25) is 10.0 Å². The van der Waals surface area contributed by atoms with E-state index in [1.54, 1.807) is 35.6 Å². The molecule has 29 heavy (non-hydrogen) atoms. The van der Waals surface area contributed by atoms with E-state index in [1.165, 1.54) is 32.2 Å². The van der Waals surface area contributed by atoms with Crippen LogP contribution in [0.2, 0.25) is 0 Å². The molecule has 0 spiro atoms. The van der Waals surface area contributed by atoms with E-state index >= 15 is 0 Å². The van der Waals surface area contributed by atoms with Crippen molar-refractivity contribution in [2.45, 2.75) is 81.8 Å². The summed E-state index contributed by atoms with van der Waals surface area (Å²) in [5, 5.41) is 0. The van der Waals surface area contributed by atoms with Gasteiger partial charge in [0.1, 0.15) is 0 Å². The second-order valence-corrected chi connectivity index (χ2v) is 10.4. The van der Waals surface area contributed by atoms with Crippen LogP contribution in [-0.2, 0) is 14.8 Å². The summed E-state index contributed by atoms with van der Waals surface area (Å²) in [4.78, 5) is 2.80. The van der Waals surface area contributed by atoms with Crippen LogP contribution in [-0.4, -0.2) is 63.6 Å². The molecule has 0 bridgehead atoms. The molecule has 0 amide bonds. The molecule has 1 aromatic carbocycles. The van der Waals surface area contributed by atoms with E-state index in [0.717, 1.165) is 45.3 Å². The second-order valence-electron chi connectivity index (χ2n) is 8.35. The highest BCUT2D eigenvalue weighted by molar-refractivity contribution is 7.89. The van der Waals surface area contributed by atoms with E-state index in [4.69, 9.17) is 4.74 Å². The molecule has 0 radical (unpaired) electrons. The molecule has 0 heterocycles. The van der Waals surface area contributed by atoms with Gasteiger partial charge in [0, 0.05) is 19.7 Å². The summed E-state index contributed by atoms with van der Waals surface area (Å²) in [6.07, 6.45) is 10.1. The van der Waals surface area contributed by atoms with Crippen molar-refractivity contribution >= 4 is 10.0 Å². The molecule has 0 saturated heterocycles. The molecule has 1 saturated carbocycles. The normalized spacial score (nSPS) is 20.4. The zero-order valence-corrected chi connectivity index (χ0v) is 19.4. The van der Waals surface area contributed by atoms with Gasteiger partial charge in [-0.05, 0) is 77.2 Å². The minimum absolute atomic E-state index is 0.0665. The molecule has 1 aliphatic rings. The van der Waals surface area contributed by atoms with Gasteiger partial charge in [-0.3, -0.25) is 0 Å². The second kappa shape index (κ2) is 12.7. The number of hydrogen-bond acceptors (Lipinski definition) is 4. The molecule has 0 N–H and O–H groups in total. The molecule has 0 aromatic heterocycles. The number of nitrogens with zero attached hydrogens (tertiary/aromatic N) is 2. The standard InChI is InChI=1S/C23H40N2O3S/c1-4-5-9-18-24(2)19-10-11-20-28-22-16-14-21(15-17-22)25(3)29(26,27)23-12-7-6-8-13-23/h6-8,12-13,21-22H,4-5,9-11,14-20H2,1-3H3. The van der Waals surface area contributed by atoms with Crippen molar-refractivity contribution in [1.29, 1.82) is 0 Å². The van der Waals surface area contributed by atoms with Crippen molar-refractivity contribution in [3.8, 4) is 0 Å². The van der Waals surface area contributed by atoms with Crippen molar-refractivity contribution in [2.75, 3.05) is 33.8 Å². The molecule has 0 unspecified atom stereocenters. The van der Waals surface area contributed by atoms with E-state index in [9.17, 15) is 8.42 Å². The molecular formula is C23H40N2O3S. The zero-order chi connectivity index (χ0) is 21.1. The highest BCUT2D eigenvalue weighted by atomic mass is 32.2. The highest BCUT2D eigenvalue weighted by Crippen LogP contribution is 2.28. The van der Waals surface area contributed by atoms with Crippen LogP contribution in [0.25, 0.3) is 0 Å². The number of benzene rings is 1. The Hall–Kier alpha value is -0.950. The molecule has 1 fully saturated rings. The lowest BCUT2D eigenvalue weighted by Gasteiger charge is -2.34. The average molecular weight is 425 g/mol. The molecule has 1 aromatic rings. The van der Waals surface area contributed by atoms with Crippen LogP contribution >= 0.6 is 0 Å². The smallest absolute Gasteiger partial charge is 0.243 e. The first-order valence-electron chi connectivity index (χ1n) is 11.3. The maximum atomic E-state index is 12.8. The summed E-state index contributed by atoms with van der Waals surface area (Å²) in [5.41, 5.74) is 0. The third-order valence-electron chi connectivity index (χ3n) is 6.01. The van der Waals surface area contributed by atoms with Crippen LogP contribution < -0.4 is 0 Å². The lowest BCUT2D eigenvalue weighted by atomic mass is 9.93. The van der Waals surface area contributed by atoms with Gasteiger partial charge in [-0.15, -0.1) is 0 Å². The van der Waals surface area contributed by atoms with E-state index < -0.39 is 10.0 Å². The number of hydrogen-bond donors (Lipinski definition) is 0. The van der Waals surface area contributed by atoms with Crippen LogP contribution in [0, 0.1) is 0 Å². The Morgan fingerprint density at radius 1 is 0.931 bits per heavy atom. The minimum Gasteiger partial charge on any atom is -0.378 e. The molecule has 1 aliphatic carbocycles. The lowest BCUT2D eigenvalue weighted by Crippen LogP contribution is -2.40. The molecule has 166 valence electrons. The minimum atomic E-state index is -3.41. The zero-order valence-electron chi connectivity index (χ0n) is 18.6. The summed E-state index contributed by atoms with van der Waals surface area (Å²) in [6.45, 7) is 5.39. The Kier molecular flexibility index (Phi) is 10.6. The summed E-state index contributed by atoms with van der Waals surface area (Å²) in [7, 11) is 0.510. The van der Waals surface area contributed by atoms with Gasteiger partial charge in [0.15, 0.2) is 0 Å². The van der Waals surface area contributed by atoms with Gasteiger partial charge in [-0.2, -0.15) is 4.31 Å². The van der Waals surface area contributed by atoms with Crippen molar-refractivity contribution in [2.24, 2.45) is 0 Å². The maximum absolute atomic E-state index is 12.8.